The highest BCUT2D eigenvalue weighted by Gasteiger charge is 2.53. The Hall–Kier alpha value is -7.86. The molecule has 57 heavy (non-hydrogen) atoms. The van der Waals surface area contributed by atoms with Crippen LogP contribution in [0.25, 0.3) is 0 Å². The molecule has 0 aliphatic carbocycles. The van der Waals surface area contributed by atoms with Gasteiger partial charge in [0, 0.05) is 40.9 Å². The lowest BCUT2D eigenvalue weighted by Crippen LogP contribution is -2.39. The van der Waals surface area contributed by atoms with E-state index in [1.807, 2.05) is 42.6 Å². The van der Waals surface area contributed by atoms with Crippen LogP contribution in [0.4, 0.5) is 16.2 Å². The Morgan fingerprint density at radius 1 is 0.807 bits per heavy atom. The number of ether oxygens (including phenoxy) is 2. The largest absolute Gasteiger partial charge is 0.861 e. The zero-order valence-corrected chi connectivity index (χ0v) is 29.7. The SMILES string of the molecule is CC(N)Cc1ccccc1.O=C1CC([O-])=NC(=O)N1.O=C1OC2(c3ccc(O)cc3Oc3cc(O)ccc32)c2ccccc21.O=[N+]([O-])c1cccc(O)c1[N+](=O)[O-]. The number of urea groups is 1. The molecule has 1 atom stereocenters. The number of fused-ring (bicyclic) bond motifs is 6. The topological polar surface area (TPSA) is 290 Å². The zero-order chi connectivity index (χ0) is 41.4. The molecule has 1 spiro atoms. The number of benzene rings is 5. The molecule has 18 heteroatoms. The van der Waals surface area contributed by atoms with E-state index in [4.69, 9.17) is 20.3 Å². The number of carbonyl (C=O) groups excluding carboxylic acids is 3. The quantitative estimate of drug-likeness (QED) is 0.0927. The highest BCUT2D eigenvalue weighted by molar-refractivity contribution is 6.10. The van der Waals surface area contributed by atoms with Gasteiger partial charge in [0.2, 0.25) is 11.7 Å². The number of para-hydroxylation sites is 1. The van der Waals surface area contributed by atoms with Gasteiger partial charge in [0.05, 0.1) is 21.8 Å². The molecule has 3 aliphatic rings. The maximum absolute atomic E-state index is 12.5. The molecule has 5 aromatic carbocycles. The second-order valence-electron chi connectivity index (χ2n) is 12.4. The molecule has 0 saturated heterocycles. The van der Waals surface area contributed by atoms with Crippen LogP contribution in [0.1, 0.15) is 46.0 Å². The number of hydrogen-bond acceptors (Lipinski definition) is 14. The summed E-state index contributed by atoms with van der Waals surface area (Å²) in [5, 5.41) is 61.3. The Morgan fingerprint density at radius 2 is 1.40 bits per heavy atom. The average Bonchev–Trinajstić information content (AvgIpc) is 3.43. The number of nitrogens with zero attached hydrogens (tertiary/aromatic N) is 3. The zero-order valence-electron chi connectivity index (χ0n) is 29.7. The van der Waals surface area contributed by atoms with Crippen LogP contribution in [-0.2, 0) is 21.6 Å². The molecule has 18 nitrogen and oxygen atoms in total. The summed E-state index contributed by atoms with van der Waals surface area (Å²) in [6.45, 7) is 2.02. The van der Waals surface area contributed by atoms with Gasteiger partial charge >= 0.3 is 23.4 Å². The van der Waals surface area contributed by atoms with E-state index in [0.717, 1.165) is 18.6 Å². The number of imide groups is 1. The normalized spacial score (nSPS) is 14.4. The monoisotopic (exact) mass is 778 g/mol. The van der Waals surface area contributed by atoms with Crippen molar-refractivity contribution in [2.45, 2.75) is 31.4 Å². The average molecular weight is 779 g/mol. The van der Waals surface area contributed by atoms with Crippen molar-refractivity contribution < 1.29 is 54.1 Å². The Balaban J connectivity index is 0.000000163. The van der Waals surface area contributed by atoms with Crippen molar-refractivity contribution in [1.29, 1.82) is 0 Å². The van der Waals surface area contributed by atoms with E-state index in [9.17, 15) is 49.9 Å². The number of nitro groups is 2. The number of nitro benzene ring substituents is 2. The summed E-state index contributed by atoms with van der Waals surface area (Å²) in [5.41, 5.74) is 6.63. The number of nitrogens with one attached hydrogen (secondary N) is 1. The van der Waals surface area contributed by atoms with Crippen molar-refractivity contribution in [2.75, 3.05) is 0 Å². The molecule has 0 saturated carbocycles. The van der Waals surface area contributed by atoms with Crippen LogP contribution >= 0.6 is 0 Å². The van der Waals surface area contributed by atoms with Crippen LogP contribution in [0.3, 0.4) is 0 Å². The highest BCUT2D eigenvalue weighted by atomic mass is 16.6. The van der Waals surface area contributed by atoms with Crippen LogP contribution in [-0.4, -0.2) is 55.0 Å². The first-order valence-electron chi connectivity index (χ1n) is 16.8. The lowest BCUT2D eigenvalue weighted by Gasteiger charge is -2.36. The molecule has 292 valence electrons. The third-order valence-electron chi connectivity index (χ3n) is 8.24. The number of aromatic hydroxyl groups is 3. The Morgan fingerprint density at radius 3 is 1.93 bits per heavy atom. The Labute approximate surface area is 322 Å². The minimum absolute atomic E-state index is 0.0371. The van der Waals surface area contributed by atoms with Crippen LogP contribution in [0.5, 0.6) is 28.7 Å². The van der Waals surface area contributed by atoms with Crippen molar-refractivity contribution in [1.82, 2.24) is 5.32 Å². The summed E-state index contributed by atoms with van der Waals surface area (Å²) in [7, 11) is 0. The van der Waals surface area contributed by atoms with E-state index in [1.54, 1.807) is 24.3 Å². The predicted molar refractivity (Wildman–Crippen MR) is 199 cm³/mol. The summed E-state index contributed by atoms with van der Waals surface area (Å²) < 4.78 is 11.8. The predicted octanol–water partition coefficient (Wildman–Crippen LogP) is 4.84. The molecule has 6 N–H and O–H groups in total. The molecule has 1 unspecified atom stereocenters. The van der Waals surface area contributed by atoms with Crippen molar-refractivity contribution in [2.24, 2.45) is 10.7 Å². The molecule has 0 radical (unpaired) electrons. The molecule has 3 aliphatic heterocycles. The van der Waals surface area contributed by atoms with Crippen molar-refractivity contribution in [3.05, 3.63) is 157 Å². The van der Waals surface area contributed by atoms with Crippen LogP contribution in [0, 0.1) is 20.2 Å². The van der Waals surface area contributed by atoms with Gasteiger partial charge in [-0.3, -0.25) is 30.3 Å². The first-order valence-corrected chi connectivity index (χ1v) is 16.8. The summed E-state index contributed by atoms with van der Waals surface area (Å²) in [6, 6.07) is 29.4. The fourth-order valence-electron chi connectivity index (χ4n) is 5.97. The second kappa shape index (κ2) is 17.1. The van der Waals surface area contributed by atoms with Gasteiger partial charge in [0.1, 0.15) is 23.0 Å². The van der Waals surface area contributed by atoms with Gasteiger partial charge in [-0.2, -0.15) is 0 Å². The van der Waals surface area contributed by atoms with E-state index in [2.05, 4.69) is 17.1 Å². The summed E-state index contributed by atoms with van der Waals surface area (Å²) in [5.74, 6) is -1.56. The van der Waals surface area contributed by atoms with Crippen LogP contribution in [0.15, 0.2) is 114 Å². The van der Waals surface area contributed by atoms with E-state index in [0.29, 0.717) is 33.8 Å². The van der Waals surface area contributed by atoms with Gasteiger partial charge in [-0.1, -0.05) is 54.6 Å². The second-order valence-corrected chi connectivity index (χ2v) is 12.4. The van der Waals surface area contributed by atoms with Gasteiger partial charge in [-0.25, -0.2) is 14.6 Å². The molecule has 3 heterocycles. The van der Waals surface area contributed by atoms with E-state index >= 15 is 0 Å². The summed E-state index contributed by atoms with van der Waals surface area (Å²) >= 11 is 0. The van der Waals surface area contributed by atoms with E-state index < -0.39 is 56.4 Å². The number of nitrogens with two attached hydrogens (primary N) is 1. The number of hydrogen-bond donors (Lipinski definition) is 5. The number of phenolic OH excluding ortho intramolecular Hbond substituents is 3. The molecule has 8 rings (SSSR count). The molecule has 0 bridgehead atoms. The fraction of sp³-hybridized carbons (Fsp3) is 0.128. The Bertz CT molecular complexity index is 2350. The van der Waals surface area contributed by atoms with Gasteiger partial charge in [0.25, 0.3) is 0 Å². The van der Waals surface area contributed by atoms with Gasteiger partial charge in [-0.05, 0) is 61.2 Å². The van der Waals surface area contributed by atoms with E-state index in [-0.39, 0.29) is 24.0 Å². The molecular weight excluding hydrogens is 746 g/mol. The number of carbonyl (C=O) groups is 3. The van der Waals surface area contributed by atoms with Crippen LogP contribution < -0.4 is 20.9 Å². The smallest absolute Gasteiger partial charge is 0.387 e. The van der Waals surface area contributed by atoms with Crippen molar-refractivity contribution >= 4 is 35.2 Å². The first-order chi connectivity index (χ1) is 27.1. The van der Waals surface area contributed by atoms with Gasteiger partial charge < -0.3 is 35.6 Å². The maximum Gasteiger partial charge on any atom is 0.387 e. The standard InChI is InChI=1S/C20H12O5.C9H13N.C6H4N2O5.C4H4N2O3/c21-11-5-7-15-17(9-11)24-18-10-12(22)6-8-16(18)20(15)14-4-2-1-3-13(14)19(23)25-20;1-8(10)7-9-5-3-2-4-6-9;9-5-3-1-2-4(7(10)11)6(5)8(12)13;7-2-1-3(8)6-4(9)5-2/h1-10,21-22H;2-6,8H,7,10H2,1H3;1-3,9H;1H2,(H2,5,6,7,8,9)/p-1. The minimum atomic E-state index is -1.17. The molecule has 0 aromatic heterocycles. The number of amides is 3. The number of esters is 1. The van der Waals surface area contributed by atoms with Crippen LogP contribution in [0.2, 0.25) is 0 Å². The summed E-state index contributed by atoms with van der Waals surface area (Å²) in [6.07, 6.45) is 0.659. The molecule has 0 fully saturated rings. The number of phenols is 3. The lowest BCUT2D eigenvalue weighted by atomic mass is 9.77. The third-order valence-corrected chi connectivity index (χ3v) is 8.24. The van der Waals surface area contributed by atoms with Crippen molar-refractivity contribution in [3.8, 4) is 28.7 Å². The highest BCUT2D eigenvalue weighted by Crippen LogP contribution is 2.56. The maximum atomic E-state index is 12.5. The molecule has 5 aromatic rings. The fourth-order valence-corrected chi connectivity index (χ4v) is 5.97. The van der Waals surface area contributed by atoms with E-state index in [1.165, 1.54) is 35.9 Å². The Kier molecular flexibility index (Phi) is 12.1. The first kappa shape index (κ1) is 40.3. The molecular formula is C39H32N5O13-. The summed E-state index contributed by atoms with van der Waals surface area (Å²) in [4.78, 5) is 54.5. The minimum Gasteiger partial charge on any atom is -0.861 e. The van der Waals surface area contributed by atoms with Gasteiger partial charge in [0.15, 0.2) is 5.60 Å². The third kappa shape index (κ3) is 9.10. The molecule has 3 amide bonds. The van der Waals surface area contributed by atoms with Gasteiger partial charge in [-0.15, -0.1) is 0 Å². The number of rotatable bonds is 4. The van der Waals surface area contributed by atoms with Crippen molar-refractivity contribution in [3.63, 3.8) is 0 Å². The lowest BCUT2D eigenvalue weighted by molar-refractivity contribution is -0.423. The number of aliphatic imine (C=N–C) groups is 1.